The fourth-order valence-corrected chi connectivity index (χ4v) is 3.00. The van der Waals surface area contributed by atoms with Gasteiger partial charge in [0.1, 0.15) is 17.0 Å². The first-order valence-corrected chi connectivity index (χ1v) is 8.80. The first-order valence-electron chi connectivity index (χ1n) is 8.80. The molecule has 7 nitrogen and oxygen atoms in total. The number of fused-ring (bicyclic) bond motifs is 1. The Hall–Kier alpha value is -3.74. The maximum absolute atomic E-state index is 13.1. The van der Waals surface area contributed by atoms with E-state index in [1.165, 1.54) is 4.57 Å². The van der Waals surface area contributed by atoms with Gasteiger partial charge in [-0.05, 0) is 37.6 Å². The topological polar surface area (TPSA) is 90.0 Å². The van der Waals surface area contributed by atoms with Crippen LogP contribution in [0, 0.1) is 13.8 Å². The molecule has 0 radical (unpaired) electrons. The summed E-state index contributed by atoms with van der Waals surface area (Å²) in [5.41, 5.74) is 2.22. The van der Waals surface area contributed by atoms with Gasteiger partial charge in [0.25, 0.3) is 11.5 Å². The second-order valence-corrected chi connectivity index (χ2v) is 6.63. The van der Waals surface area contributed by atoms with E-state index in [1.807, 2.05) is 37.3 Å². The highest BCUT2D eigenvalue weighted by Gasteiger charge is 2.18. The standard InChI is InChI=1S/C21H18N4O3/c1-13-5-7-15(8-6-13)12-25-19-16(4-3-9-22-19)11-17(21(25)27)20(26)23-18-10-14(2)28-24-18/h3-11H,12H2,1-2H3,(H,23,24,26). The van der Waals surface area contributed by atoms with Crippen molar-refractivity contribution in [3.63, 3.8) is 0 Å². The molecule has 0 unspecified atom stereocenters. The third kappa shape index (κ3) is 3.42. The summed E-state index contributed by atoms with van der Waals surface area (Å²) in [6.45, 7) is 4.04. The zero-order valence-electron chi connectivity index (χ0n) is 15.5. The number of aryl methyl sites for hydroxylation is 2. The number of benzene rings is 1. The Balaban J connectivity index is 1.79. The Morgan fingerprint density at radius 1 is 1.14 bits per heavy atom. The van der Waals surface area contributed by atoms with Gasteiger partial charge in [-0.2, -0.15) is 0 Å². The molecule has 3 heterocycles. The van der Waals surface area contributed by atoms with Crippen LogP contribution in [0.4, 0.5) is 5.82 Å². The van der Waals surface area contributed by atoms with Crippen molar-refractivity contribution in [2.45, 2.75) is 20.4 Å². The van der Waals surface area contributed by atoms with E-state index in [1.54, 1.807) is 31.3 Å². The van der Waals surface area contributed by atoms with E-state index >= 15 is 0 Å². The lowest BCUT2D eigenvalue weighted by Crippen LogP contribution is -2.30. The fraction of sp³-hybridized carbons (Fsp3) is 0.143. The van der Waals surface area contributed by atoms with Gasteiger partial charge >= 0.3 is 0 Å². The van der Waals surface area contributed by atoms with Gasteiger partial charge in [0, 0.05) is 17.6 Å². The number of pyridine rings is 2. The van der Waals surface area contributed by atoms with Crippen LogP contribution in [-0.2, 0) is 6.54 Å². The van der Waals surface area contributed by atoms with E-state index in [0.717, 1.165) is 11.1 Å². The summed E-state index contributed by atoms with van der Waals surface area (Å²) < 4.78 is 6.47. The maximum atomic E-state index is 13.1. The molecular weight excluding hydrogens is 356 g/mol. The predicted molar refractivity (Wildman–Crippen MR) is 105 cm³/mol. The molecule has 0 saturated carbocycles. The second-order valence-electron chi connectivity index (χ2n) is 6.63. The van der Waals surface area contributed by atoms with E-state index < -0.39 is 11.5 Å². The first kappa shape index (κ1) is 17.7. The SMILES string of the molecule is Cc1ccc(Cn2c(=O)c(C(=O)Nc3cc(C)on3)cc3cccnc32)cc1. The normalized spacial score (nSPS) is 10.9. The van der Waals surface area contributed by atoms with Crippen LogP contribution in [0.2, 0.25) is 0 Å². The van der Waals surface area contributed by atoms with Gasteiger partial charge in [-0.3, -0.25) is 14.2 Å². The summed E-state index contributed by atoms with van der Waals surface area (Å²) in [6.07, 6.45) is 1.63. The minimum Gasteiger partial charge on any atom is -0.360 e. The molecule has 0 aliphatic rings. The van der Waals surface area contributed by atoms with E-state index in [9.17, 15) is 9.59 Å². The smallest absolute Gasteiger partial charge is 0.265 e. The quantitative estimate of drug-likeness (QED) is 0.592. The van der Waals surface area contributed by atoms with Gasteiger partial charge in [0.15, 0.2) is 5.82 Å². The van der Waals surface area contributed by atoms with Crippen molar-refractivity contribution in [3.05, 3.63) is 87.5 Å². The molecule has 4 aromatic rings. The van der Waals surface area contributed by atoms with Crippen LogP contribution < -0.4 is 10.9 Å². The van der Waals surface area contributed by atoms with Gasteiger partial charge in [-0.15, -0.1) is 0 Å². The minimum absolute atomic E-state index is 0.0215. The average molecular weight is 374 g/mol. The molecule has 1 amide bonds. The summed E-state index contributed by atoms with van der Waals surface area (Å²) in [6, 6.07) is 14.6. The molecule has 1 N–H and O–H groups in total. The lowest BCUT2D eigenvalue weighted by molar-refractivity contribution is 0.102. The van der Waals surface area contributed by atoms with Crippen LogP contribution in [0.3, 0.4) is 0 Å². The fourth-order valence-electron chi connectivity index (χ4n) is 3.00. The highest BCUT2D eigenvalue weighted by atomic mass is 16.5. The molecule has 0 saturated heterocycles. The predicted octanol–water partition coefficient (Wildman–Crippen LogP) is 3.30. The number of rotatable bonds is 4. The van der Waals surface area contributed by atoms with Crippen LogP contribution in [-0.4, -0.2) is 20.6 Å². The summed E-state index contributed by atoms with van der Waals surface area (Å²) in [4.78, 5) is 30.2. The van der Waals surface area contributed by atoms with Crippen LogP contribution in [0.25, 0.3) is 11.0 Å². The molecule has 0 spiro atoms. The van der Waals surface area contributed by atoms with E-state index in [0.29, 0.717) is 23.3 Å². The molecule has 4 rings (SSSR count). The van der Waals surface area contributed by atoms with Crippen molar-refractivity contribution in [2.75, 3.05) is 5.32 Å². The number of anilines is 1. The molecule has 0 aliphatic carbocycles. The van der Waals surface area contributed by atoms with Crippen LogP contribution in [0.15, 0.2) is 64.0 Å². The van der Waals surface area contributed by atoms with E-state index in [2.05, 4.69) is 15.5 Å². The van der Waals surface area contributed by atoms with Crippen molar-refractivity contribution < 1.29 is 9.32 Å². The molecule has 3 aromatic heterocycles. The monoisotopic (exact) mass is 374 g/mol. The minimum atomic E-state index is -0.540. The van der Waals surface area contributed by atoms with Gasteiger partial charge in [-0.1, -0.05) is 35.0 Å². The Morgan fingerprint density at radius 2 is 1.93 bits per heavy atom. The maximum Gasteiger partial charge on any atom is 0.265 e. The van der Waals surface area contributed by atoms with Crippen LogP contribution >= 0.6 is 0 Å². The number of aromatic nitrogens is 3. The number of hydrogen-bond donors (Lipinski definition) is 1. The number of carbonyl (C=O) groups excluding carboxylic acids is 1. The molecule has 28 heavy (non-hydrogen) atoms. The number of nitrogens with one attached hydrogen (secondary N) is 1. The molecule has 140 valence electrons. The Morgan fingerprint density at radius 3 is 2.64 bits per heavy atom. The van der Waals surface area contributed by atoms with Gasteiger partial charge in [-0.25, -0.2) is 4.98 Å². The molecule has 0 aliphatic heterocycles. The average Bonchev–Trinajstić information content (AvgIpc) is 3.10. The molecule has 0 bridgehead atoms. The zero-order valence-corrected chi connectivity index (χ0v) is 15.5. The Bertz CT molecular complexity index is 1220. The summed E-state index contributed by atoms with van der Waals surface area (Å²) in [5.74, 6) is 0.287. The summed E-state index contributed by atoms with van der Waals surface area (Å²) >= 11 is 0. The molecule has 1 aromatic carbocycles. The van der Waals surface area contributed by atoms with Gasteiger partial charge < -0.3 is 9.84 Å². The van der Waals surface area contributed by atoms with Crippen molar-refractivity contribution in [2.24, 2.45) is 0 Å². The lowest BCUT2D eigenvalue weighted by Gasteiger charge is -2.12. The zero-order chi connectivity index (χ0) is 19.7. The van der Waals surface area contributed by atoms with Gasteiger partial charge in [0.2, 0.25) is 0 Å². The van der Waals surface area contributed by atoms with Gasteiger partial charge in [0.05, 0.1) is 6.54 Å². The molecular formula is C21H18N4O3. The van der Waals surface area contributed by atoms with Crippen molar-refractivity contribution in [1.82, 2.24) is 14.7 Å². The number of hydrogen-bond acceptors (Lipinski definition) is 5. The first-order chi connectivity index (χ1) is 13.5. The van der Waals surface area contributed by atoms with E-state index in [4.69, 9.17) is 4.52 Å². The lowest BCUT2D eigenvalue weighted by atomic mass is 10.1. The highest BCUT2D eigenvalue weighted by Crippen LogP contribution is 2.15. The molecule has 0 fully saturated rings. The van der Waals surface area contributed by atoms with Crippen LogP contribution in [0.5, 0.6) is 0 Å². The highest BCUT2D eigenvalue weighted by molar-refractivity contribution is 6.05. The van der Waals surface area contributed by atoms with Crippen molar-refractivity contribution in [3.8, 4) is 0 Å². The summed E-state index contributed by atoms with van der Waals surface area (Å²) in [5, 5.41) is 7.05. The largest absolute Gasteiger partial charge is 0.360 e. The number of carbonyl (C=O) groups is 1. The third-order valence-corrected chi connectivity index (χ3v) is 4.42. The molecule has 7 heteroatoms. The second kappa shape index (κ2) is 7.11. The van der Waals surface area contributed by atoms with Crippen molar-refractivity contribution >= 4 is 22.8 Å². The third-order valence-electron chi connectivity index (χ3n) is 4.42. The summed E-state index contributed by atoms with van der Waals surface area (Å²) in [7, 11) is 0. The van der Waals surface area contributed by atoms with Crippen LogP contribution in [0.1, 0.15) is 27.2 Å². The Labute approximate surface area is 160 Å². The number of nitrogens with zero attached hydrogens (tertiary/aromatic N) is 3. The van der Waals surface area contributed by atoms with E-state index in [-0.39, 0.29) is 11.4 Å². The Kier molecular flexibility index (Phi) is 4.49. The molecule has 0 atom stereocenters. The van der Waals surface area contributed by atoms with Crippen molar-refractivity contribution in [1.29, 1.82) is 0 Å². The number of amides is 1.